The Hall–Kier alpha value is -1.84. The molecule has 0 radical (unpaired) electrons. The second-order valence-corrected chi connectivity index (χ2v) is 7.36. The first-order chi connectivity index (χ1) is 12.0. The van der Waals surface area contributed by atoms with Crippen LogP contribution in [0.25, 0.3) is 0 Å². The molecule has 4 heteroatoms. The fourth-order valence-corrected chi connectivity index (χ4v) is 3.98. The van der Waals surface area contributed by atoms with Gasteiger partial charge in [-0.15, -0.1) is 0 Å². The molecule has 0 atom stereocenters. The SMILES string of the molecule is CCC1(c2ccc(Cl)cc2)CCN(Cc2cccc(C(=O)O)c2)CC1. The second kappa shape index (κ2) is 7.59. The molecule has 0 saturated carbocycles. The number of halogens is 1. The summed E-state index contributed by atoms with van der Waals surface area (Å²) >= 11 is 6.04. The molecule has 3 rings (SSSR count). The Balaban J connectivity index is 1.67. The predicted molar refractivity (Wildman–Crippen MR) is 101 cm³/mol. The molecule has 2 aromatic rings. The minimum absolute atomic E-state index is 0.226. The van der Waals surface area contributed by atoms with Gasteiger partial charge in [-0.25, -0.2) is 4.79 Å². The lowest BCUT2D eigenvalue weighted by Gasteiger charge is -2.42. The van der Waals surface area contributed by atoms with Gasteiger partial charge in [0, 0.05) is 11.6 Å². The van der Waals surface area contributed by atoms with Crippen molar-refractivity contribution >= 4 is 17.6 Å². The Bertz CT molecular complexity index is 734. The average Bonchev–Trinajstić information content (AvgIpc) is 2.63. The molecule has 0 aromatic heterocycles. The maximum Gasteiger partial charge on any atom is 0.335 e. The number of rotatable bonds is 5. The van der Waals surface area contributed by atoms with E-state index in [1.165, 1.54) is 5.56 Å². The van der Waals surface area contributed by atoms with Crippen LogP contribution in [0.4, 0.5) is 0 Å². The number of hydrogen-bond acceptors (Lipinski definition) is 2. The number of carboxylic acids is 1. The Morgan fingerprint density at radius 2 is 1.84 bits per heavy atom. The van der Waals surface area contributed by atoms with E-state index in [1.54, 1.807) is 12.1 Å². The van der Waals surface area contributed by atoms with Gasteiger partial charge >= 0.3 is 5.97 Å². The Morgan fingerprint density at radius 3 is 2.44 bits per heavy atom. The van der Waals surface area contributed by atoms with Gasteiger partial charge in [0.05, 0.1) is 5.56 Å². The van der Waals surface area contributed by atoms with Crippen LogP contribution in [0.1, 0.15) is 47.7 Å². The smallest absolute Gasteiger partial charge is 0.335 e. The van der Waals surface area contributed by atoms with Crippen LogP contribution in [0.15, 0.2) is 48.5 Å². The summed E-state index contributed by atoms with van der Waals surface area (Å²) in [6.07, 6.45) is 3.35. The van der Waals surface area contributed by atoms with Crippen LogP contribution in [0, 0.1) is 0 Å². The van der Waals surface area contributed by atoms with Gasteiger partial charge in [0.25, 0.3) is 0 Å². The molecule has 25 heavy (non-hydrogen) atoms. The third-order valence-corrected chi connectivity index (χ3v) is 5.78. The molecular formula is C21H24ClNO2. The highest BCUT2D eigenvalue weighted by molar-refractivity contribution is 6.30. The summed E-state index contributed by atoms with van der Waals surface area (Å²) < 4.78 is 0. The van der Waals surface area contributed by atoms with Crippen LogP contribution >= 0.6 is 11.6 Å². The lowest BCUT2D eigenvalue weighted by Crippen LogP contribution is -2.42. The highest BCUT2D eigenvalue weighted by Gasteiger charge is 2.34. The van der Waals surface area contributed by atoms with Crippen molar-refractivity contribution in [3.05, 3.63) is 70.2 Å². The molecule has 1 heterocycles. The third kappa shape index (κ3) is 4.05. The fourth-order valence-electron chi connectivity index (χ4n) is 3.85. The van der Waals surface area contributed by atoms with Crippen molar-refractivity contribution in [2.75, 3.05) is 13.1 Å². The third-order valence-electron chi connectivity index (χ3n) is 5.53. The van der Waals surface area contributed by atoms with Gasteiger partial charge in [0.15, 0.2) is 0 Å². The fraction of sp³-hybridized carbons (Fsp3) is 0.381. The number of likely N-dealkylation sites (tertiary alicyclic amines) is 1. The van der Waals surface area contributed by atoms with Crippen LogP contribution in [0.2, 0.25) is 5.02 Å². The van der Waals surface area contributed by atoms with Crippen molar-refractivity contribution in [3.8, 4) is 0 Å². The van der Waals surface area contributed by atoms with E-state index in [2.05, 4.69) is 24.0 Å². The molecule has 0 aliphatic carbocycles. The first-order valence-corrected chi connectivity index (χ1v) is 9.21. The Morgan fingerprint density at radius 1 is 1.16 bits per heavy atom. The van der Waals surface area contributed by atoms with E-state index in [4.69, 9.17) is 16.7 Å². The van der Waals surface area contributed by atoms with E-state index in [1.807, 2.05) is 24.3 Å². The van der Waals surface area contributed by atoms with E-state index < -0.39 is 5.97 Å². The Kier molecular flexibility index (Phi) is 5.45. The number of carboxylic acid groups (broad SMARTS) is 1. The number of aromatic carboxylic acids is 1. The number of benzene rings is 2. The molecule has 1 N–H and O–H groups in total. The lowest BCUT2D eigenvalue weighted by molar-refractivity contribution is 0.0696. The molecular weight excluding hydrogens is 334 g/mol. The van der Waals surface area contributed by atoms with Crippen LogP contribution in [0.5, 0.6) is 0 Å². The lowest BCUT2D eigenvalue weighted by atomic mass is 9.71. The Labute approximate surface area is 154 Å². The zero-order chi connectivity index (χ0) is 17.9. The average molecular weight is 358 g/mol. The molecule has 1 fully saturated rings. The summed E-state index contributed by atoms with van der Waals surface area (Å²) in [7, 11) is 0. The highest BCUT2D eigenvalue weighted by atomic mass is 35.5. The van der Waals surface area contributed by atoms with Crippen LogP contribution < -0.4 is 0 Å². The molecule has 0 bridgehead atoms. The quantitative estimate of drug-likeness (QED) is 0.820. The first kappa shape index (κ1) is 18.0. The first-order valence-electron chi connectivity index (χ1n) is 8.83. The van der Waals surface area contributed by atoms with E-state index in [9.17, 15) is 4.79 Å². The highest BCUT2D eigenvalue weighted by Crippen LogP contribution is 2.39. The maximum atomic E-state index is 11.1. The molecule has 1 aliphatic rings. The van der Waals surface area contributed by atoms with Crippen molar-refractivity contribution < 1.29 is 9.90 Å². The van der Waals surface area contributed by atoms with E-state index >= 15 is 0 Å². The zero-order valence-electron chi connectivity index (χ0n) is 14.5. The number of carbonyl (C=O) groups is 1. The monoisotopic (exact) mass is 357 g/mol. The van der Waals surface area contributed by atoms with Crippen LogP contribution in [-0.4, -0.2) is 29.1 Å². The van der Waals surface area contributed by atoms with Crippen molar-refractivity contribution in [1.29, 1.82) is 0 Å². The largest absolute Gasteiger partial charge is 0.478 e. The number of nitrogens with zero attached hydrogens (tertiary/aromatic N) is 1. The molecule has 132 valence electrons. The topological polar surface area (TPSA) is 40.5 Å². The van der Waals surface area contributed by atoms with Gasteiger partial charge in [-0.05, 0) is 73.2 Å². The summed E-state index contributed by atoms with van der Waals surface area (Å²) in [5.74, 6) is -0.867. The molecule has 2 aromatic carbocycles. The van der Waals surface area contributed by atoms with E-state index in [0.717, 1.165) is 49.5 Å². The van der Waals surface area contributed by atoms with Crippen LogP contribution in [-0.2, 0) is 12.0 Å². The van der Waals surface area contributed by atoms with Crippen molar-refractivity contribution in [3.63, 3.8) is 0 Å². The van der Waals surface area contributed by atoms with Gasteiger partial charge < -0.3 is 5.11 Å². The van der Waals surface area contributed by atoms with Crippen molar-refractivity contribution in [2.24, 2.45) is 0 Å². The molecule has 0 amide bonds. The predicted octanol–water partition coefficient (Wildman–Crippen LogP) is 4.98. The maximum absolute atomic E-state index is 11.1. The van der Waals surface area contributed by atoms with Gasteiger partial charge in [0.2, 0.25) is 0 Å². The molecule has 0 unspecified atom stereocenters. The summed E-state index contributed by atoms with van der Waals surface area (Å²) in [5, 5.41) is 9.92. The van der Waals surface area contributed by atoms with Crippen LogP contribution in [0.3, 0.4) is 0 Å². The second-order valence-electron chi connectivity index (χ2n) is 6.92. The molecule has 1 aliphatic heterocycles. The van der Waals surface area contributed by atoms with Gasteiger partial charge in [-0.2, -0.15) is 0 Å². The van der Waals surface area contributed by atoms with Gasteiger partial charge in [-0.3, -0.25) is 4.90 Å². The molecule has 1 saturated heterocycles. The zero-order valence-corrected chi connectivity index (χ0v) is 15.3. The number of piperidine rings is 1. The van der Waals surface area contributed by atoms with E-state index in [0.29, 0.717) is 5.56 Å². The summed E-state index contributed by atoms with van der Waals surface area (Å²) in [6, 6.07) is 15.6. The summed E-state index contributed by atoms with van der Waals surface area (Å²) in [4.78, 5) is 13.5. The minimum atomic E-state index is -0.867. The van der Waals surface area contributed by atoms with Gasteiger partial charge in [-0.1, -0.05) is 42.8 Å². The number of hydrogen-bond donors (Lipinski definition) is 1. The normalized spacial score (nSPS) is 17.4. The standard InChI is InChI=1S/C21H24ClNO2/c1-2-21(18-6-8-19(22)9-7-18)10-12-23(13-11-21)15-16-4-3-5-17(14-16)20(24)25/h3-9,14H,2,10-13,15H2,1H3,(H,24,25). The summed E-state index contributed by atoms with van der Waals surface area (Å²) in [5.41, 5.74) is 3.03. The minimum Gasteiger partial charge on any atom is -0.478 e. The van der Waals surface area contributed by atoms with E-state index in [-0.39, 0.29) is 5.41 Å². The van der Waals surface area contributed by atoms with Crippen molar-refractivity contribution in [2.45, 2.75) is 38.1 Å². The van der Waals surface area contributed by atoms with Gasteiger partial charge in [0.1, 0.15) is 0 Å². The van der Waals surface area contributed by atoms with Crippen molar-refractivity contribution in [1.82, 2.24) is 4.90 Å². The summed E-state index contributed by atoms with van der Waals surface area (Å²) in [6.45, 7) is 5.11. The molecule has 0 spiro atoms. The molecule has 3 nitrogen and oxygen atoms in total.